The molecule has 0 N–H and O–H groups in total. The van der Waals surface area contributed by atoms with E-state index in [9.17, 15) is 19.3 Å². The Kier molecular flexibility index (Phi) is 3.26. The molecular formula is C13H14FNO4. The number of hydrogen-bond donors (Lipinski definition) is 0. The van der Waals surface area contributed by atoms with E-state index in [1.807, 2.05) is 6.92 Å². The molecule has 1 aromatic carbocycles. The van der Waals surface area contributed by atoms with Crippen LogP contribution in [0.1, 0.15) is 26.7 Å². The summed E-state index contributed by atoms with van der Waals surface area (Å²) in [7, 11) is 0. The van der Waals surface area contributed by atoms with Crippen LogP contribution < -0.4 is 4.74 Å². The number of carbonyl (C=O) groups is 1. The van der Waals surface area contributed by atoms with Gasteiger partial charge in [-0.3, -0.25) is 14.9 Å². The van der Waals surface area contributed by atoms with Crippen LogP contribution in [0.4, 0.5) is 10.1 Å². The minimum atomic E-state index is -0.785. The zero-order valence-electron chi connectivity index (χ0n) is 10.7. The van der Waals surface area contributed by atoms with Crippen LogP contribution in [0.2, 0.25) is 0 Å². The predicted molar refractivity (Wildman–Crippen MR) is 65.5 cm³/mol. The van der Waals surface area contributed by atoms with Crippen LogP contribution in [0.15, 0.2) is 18.2 Å². The van der Waals surface area contributed by atoms with Gasteiger partial charge < -0.3 is 4.74 Å². The van der Waals surface area contributed by atoms with Gasteiger partial charge in [-0.05, 0) is 19.4 Å². The molecule has 0 radical (unpaired) electrons. The van der Waals surface area contributed by atoms with Crippen LogP contribution in [-0.4, -0.2) is 16.8 Å². The lowest BCUT2D eigenvalue weighted by molar-refractivity contribution is -0.385. The summed E-state index contributed by atoms with van der Waals surface area (Å²) in [4.78, 5) is 21.4. The fourth-order valence-corrected chi connectivity index (χ4v) is 2.12. The molecule has 5 nitrogen and oxygen atoms in total. The van der Waals surface area contributed by atoms with Crippen molar-refractivity contribution in [3.8, 4) is 5.75 Å². The highest BCUT2D eigenvalue weighted by atomic mass is 19.1. The second-order valence-electron chi connectivity index (χ2n) is 4.88. The van der Waals surface area contributed by atoms with Gasteiger partial charge in [0, 0.05) is 12.5 Å². The number of benzene rings is 1. The summed E-state index contributed by atoms with van der Waals surface area (Å²) in [5.74, 6) is -0.739. The molecule has 2 rings (SSSR count). The third kappa shape index (κ3) is 2.18. The van der Waals surface area contributed by atoms with Crippen LogP contribution in [0.25, 0.3) is 0 Å². The summed E-state index contributed by atoms with van der Waals surface area (Å²) in [6.07, 6.45) is 0.493. The van der Waals surface area contributed by atoms with E-state index in [-0.39, 0.29) is 29.7 Å². The maximum atomic E-state index is 13.7. The van der Waals surface area contributed by atoms with Crippen LogP contribution in [0, 0.1) is 21.3 Å². The Morgan fingerprint density at radius 2 is 2.26 bits per heavy atom. The Morgan fingerprint density at radius 3 is 2.74 bits per heavy atom. The number of ether oxygens (including phenoxy) is 1. The molecular weight excluding hydrogens is 253 g/mol. The molecule has 1 fully saturated rings. The smallest absolute Gasteiger partial charge is 0.272 e. The van der Waals surface area contributed by atoms with Gasteiger partial charge in [0.2, 0.25) is 0 Å². The average molecular weight is 267 g/mol. The molecule has 0 bridgehead atoms. The van der Waals surface area contributed by atoms with Crippen molar-refractivity contribution in [2.75, 3.05) is 0 Å². The zero-order chi connectivity index (χ0) is 14.2. The van der Waals surface area contributed by atoms with Gasteiger partial charge in [0.1, 0.15) is 11.9 Å². The van der Waals surface area contributed by atoms with E-state index in [0.717, 1.165) is 6.07 Å². The van der Waals surface area contributed by atoms with Gasteiger partial charge in [0.15, 0.2) is 11.6 Å². The minimum absolute atomic E-state index is 0.0530. The minimum Gasteiger partial charge on any atom is -0.486 e. The molecule has 1 saturated carbocycles. The number of rotatable bonds is 4. The van der Waals surface area contributed by atoms with Gasteiger partial charge in [-0.1, -0.05) is 6.92 Å². The molecule has 19 heavy (non-hydrogen) atoms. The highest BCUT2D eigenvalue weighted by molar-refractivity contribution is 5.92. The number of halogens is 1. The van der Waals surface area contributed by atoms with E-state index >= 15 is 0 Å². The number of Topliss-reactive ketones (excluding diaryl/α,β-unsaturated/α-hetero) is 1. The van der Waals surface area contributed by atoms with E-state index in [1.165, 1.54) is 12.1 Å². The highest BCUT2D eigenvalue weighted by Gasteiger charge is 2.51. The molecule has 1 aliphatic rings. The first-order valence-electron chi connectivity index (χ1n) is 6.02. The second kappa shape index (κ2) is 4.60. The Labute approximate surface area is 109 Å². The Balaban J connectivity index is 2.17. The normalized spacial score (nSPS) is 25.8. The van der Waals surface area contributed by atoms with Crippen molar-refractivity contribution in [1.82, 2.24) is 0 Å². The molecule has 1 aliphatic carbocycles. The fourth-order valence-electron chi connectivity index (χ4n) is 2.12. The zero-order valence-corrected chi connectivity index (χ0v) is 10.7. The number of carbonyl (C=O) groups excluding carboxylic acids is 1. The summed E-state index contributed by atoms with van der Waals surface area (Å²) < 4.78 is 19.1. The van der Waals surface area contributed by atoms with Crippen molar-refractivity contribution in [1.29, 1.82) is 0 Å². The highest BCUT2D eigenvalue weighted by Crippen LogP contribution is 2.43. The SMILES string of the molecule is CCC1(C)C(=O)CC1Oc1ccc([N+](=O)[O-])cc1F. The average Bonchev–Trinajstić information content (AvgIpc) is 2.38. The van der Waals surface area contributed by atoms with Crippen molar-refractivity contribution in [3.05, 3.63) is 34.1 Å². The summed E-state index contributed by atoms with van der Waals surface area (Å²) in [5.41, 5.74) is -0.915. The number of nitro benzene ring substituents is 1. The molecule has 0 heterocycles. The van der Waals surface area contributed by atoms with Gasteiger partial charge in [-0.2, -0.15) is 0 Å². The molecule has 102 valence electrons. The standard InChI is InChI=1S/C13H14FNO4/c1-3-13(2)11(16)7-12(13)19-10-5-4-8(15(17)18)6-9(10)14/h4-6,12H,3,7H2,1-2H3. The predicted octanol–water partition coefficient (Wildman–Crippen LogP) is 2.87. The third-order valence-corrected chi connectivity index (χ3v) is 3.85. The van der Waals surface area contributed by atoms with E-state index < -0.39 is 16.2 Å². The summed E-state index contributed by atoms with van der Waals surface area (Å²) >= 11 is 0. The number of hydrogen-bond acceptors (Lipinski definition) is 4. The maximum absolute atomic E-state index is 13.7. The first kappa shape index (κ1) is 13.5. The Morgan fingerprint density at radius 1 is 1.58 bits per heavy atom. The first-order chi connectivity index (χ1) is 8.88. The molecule has 0 saturated heterocycles. The molecule has 0 spiro atoms. The quantitative estimate of drug-likeness (QED) is 0.621. The lowest BCUT2D eigenvalue weighted by Gasteiger charge is -2.44. The van der Waals surface area contributed by atoms with Gasteiger partial charge in [0.25, 0.3) is 5.69 Å². The van der Waals surface area contributed by atoms with E-state index in [1.54, 1.807) is 6.92 Å². The number of nitrogens with zero attached hydrogens (tertiary/aromatic N) is 1. The van der Waals surface area contributed by atoms with Crippen molar-refractivity contribution in [2.45, 2.75) is 32.8 Å². The first-order valence-corrected chi connectivity index (χ1v) is 6.02. The van der Waals surface area contributed by atoms with Crippen LogP contribution in [0.3, 0.4) is 0 Å². The largest absolute Gasteiger partial charge is 0.486 e. The Hall–Kier alpha value is -1.98. The summed E-state index contributed by atoms with van der Waals surface area (Å²) in [5, 5.41) is 10.5. The third-order valence-electron chi connectivity index (χ3n) is 3.85. The van der Waals surface area contributed by atoms with Crippen molar-refractivity contribution >= 4 is 11.5 Å². The van der Waals surface area contributed by atoms with Crippen molar-refractivity contribution < 1.29 is 18.8 Å². The molecule has 2 unspecified atom stereocenters. The summed E-state index contributed by atoms with van der Waals surface area (Å²) in [6, 6.07) is 3.23. The maximum Gasteiger partial charge on any atom is 0.272 e. The van der Waals surface area contributed by atoms with Crippen molar-refractivity contribution in [3.63, 3.8) is 0 Å². The van der Waals surface area contributed by atoms with E-state index in [2.05, 4.69) is 0 Å². The topological polar surface area (TPSA) is 69.4 Å². The van der Waals surface area contributed by atoms with Gasteiger partial charge in [0.05, 0.1) is 16.4 Å². The molecule has 0 amide bonds. The molecule has 6 heteroatoms. The molecule has 2 atom stereocenters. The van der Waals surface area contributed by atoms with Crippen LogP contribution in [0.5, 0.6) is 5.75 Å². The van der Waals surface area contributed by atoms with Crippen LogP contribution in [-0.2, 0) is 4.79 Å². The molecule has 1 aromatic rings. The molecule has 0 aromatic heterocycles. The second-order valence-corrected chi connectivity index (χ2v) is 4.88. The lowest BCUT2D eigenvalue weighted by Crippen LogP contribution is -2.54. The number of non-ortho nitro benzene ring substituents is 1. The number of nitro groups is 1. The van der Waals surface area contributed by atoms with Crippen LogP contribution >= 0.6 is 0 Å². The number of ketones is 1. The summed E-state index contributed by atoms with van der Waals surface area (Å²) in [6.45, 7) is 3.66. The Bertz CT molecular complexity index is 545. The van der Waals surface area contributed by atoms with Gasteiger partial charge in [-0.15, -0.1) is 0 Å². The molecule has 0 aliphatic heterocycles. The van der Waals surface area contributed by atoms with Gasteiger partial charge >= 0.3 is 0 Å². The lowest BCUT2D eigenvalue weighted by atomic mass is 9.64. The van der Waals surface area contributed by atoms with E-state index in [0.29, 0.717) is 6.42 Å². The van der Waals surface area contributed by atoms with E-state index in [4.69, 9.17) is 4.74 Å². The fraction of sp³-hybridized carbons (Fsp3) is 0.462. The van der Waals surface area contributed by atoms with Gasteiger partial charge in [-0.25, -0.2) is 4.39 Å². The van der Waals surface area contributed by atoms with Crippen molar-refractivity contribution in [2.24, 2.45) is 5.41 Å². The monoisotopic (exact) mass is 267 g/mol.